The Balaban J connectivity index is 1.67. The van der Waals surface area contributed by atoms with Crippen LogP contribution in [0.5, 0.6) is 0 Å². The van der Waals surface area contributed by atoms with Crippen LogP contribution in [0, 0.1) is 11.7 Å². The van der Waals surface area contributed by atoms with Gasteiger partial charge in [0.05, 0.1) is 16.6 Å². The van der Waals surface area contributed by atoms with Gasteiger partial charge in [-0.25, -0.2) is 9.18 Å². The Morgan fingerprint density at radius 1 is 1.15 bits per heavy atom. The van der Waals surface area contributed by atoms with Gasteiger partial charge in [-0.1, -0.05) is 4.73 Å². The summed E-state index contributed by atoms with van der Waals surface area (Å²) in [7, 11) is 0. The molecule has 2 saturated heterocycles. The van der Waals surface area contributed by atoms with E-state index in [1.807, 2.05) is 4.90 Å². The highest BCUT2D eigenvalue weighted by molar-refractivity contribution is 5.83. The van der Waals surface area contributed by atoms with E-state index in [9.17, 15) is 19.2 Å². The van der Waals surface area contributed by atoms with Gasteiger partial charge in [0.1, 0.15) is 5.82 Å². The topological polar surface area (TPSA) is 79.5 Å². The molecule has 8 heteroatoms. The standard InChI is InChI=1S/C18H21FN4O3/c19-13-6-12-15(22(11-3-4-11)18(25)23(26)17(12)24)7-16(13)21-8-10-2-1-5-20-14(10)9-21/h6-7,10-11,14,20,26H,1-5,8-9H2/t10-,14+/m1/s1. The van der Waals surface area contributed by atoms with Gasteiger partial charge in [0.15, 0.2) is 0 Å². The smallest absolute Gasteiger partial charge is 0.365 e. The Bertz CT molecular complexity index is 996. The molecule has 2 aromatic rings. The summed E-state index contributed by atoms with van der Waals surface area (Å²) in [6.07, 6.45) is 3.90. The summed E-state index contributed by atoms with van der Waals surface area (Å²) < 4.78 is 16.4. The minimum Gasteiger partial charge on any atom is -0.421 e. The average molecular weight is 360 g/mol. The maximum Gasteiger partial charge on any atom is 0.365 e. The maximum atomic E-state index is 14.8. The SMILES string of the molecule is O=c1c2cc(F)c(N3C[C@H]4CCCN[C@H]4C3)cc2n(C2CC2)c(=O)n1O. The molecule has 1 aliphatic carbocycles. The molecule has 0 radical (unpaired) electrons. The van der Waals surface area contributed by atoms with Crippen molar-refractivity contribution >= 4 is 16.6 Å². The fraction of sp³-hybridized carbons (Fsp3) is 0.556. The van der Waals surface area contributed by atoms with Crippen LogP contribution < -0.4 is 21.5 Å². The molecule has 5 rings (SSSR count). The summed E-state index contributed by atoms with van der Waals surface area (Å²) >= 11 is 0. The molecule has 26 heavy (non-hydrogen) atoms. The van der Waals surface area contributed by atoms with E-state index in [1.165, 1.54) is 4.57 Å². The van der Waals surface area contributed by atoms with Gasteiger partial charge in [0, 0.05) is 25.2 Å². The number of aromatic nitrogens is 2. The van der Waals surface area contributed by atoms with Gasteiger partial charge in [0.2, 0.25) is 0 Å². The predicted octanol–water partition coefficient (Wildman–Crippen LogP) is 1.06. The van der Waals surface area contributed by atoms with Crippen molar-refractivity contribution in [3.05, 3.63) is 38.8 Å². The molecule has 2 atom stereocenters. The number of fused-ring (bicyclic) bond motifs is 2. The van der Waals surface area contributed by atoms with Crippen molar-refractivity contribution in [1.82, 2.24) is 14.6 Å². The highest BCUT2D eigenvalue weighted by atomic mass is 19.1. The van der Waals surface area contributed by atoms with Crippen molar-refractivity contribution in [2.45, 2.75) is 37.8 Å². The number of nitrogens with one attached hydrogen (secondary N) is 1. The number of hydrogen-bond acceptors (Lipinski definition) is 5. The maximum absolute atomic E-state index is 14.8. The van der Waals surface area contributed by atoms with E-state index in [0.717, 1.165) is 51.4 Å². The van der Waals surface area contributed by atoms with E-state index in [0.29, 0.717) is 23.2 Å². The van der Waals surface area contributed by atoms with Crippen molar-refractivity contribution < 1.29 is 9.60 Å². The molecular weight excluding hydrogens is 339 g/mol. The Labute approximate surface area is 148 Å². The quantitative estimate of drug-likeness (QED) is 0.783. The zero-order chi connectivity index (χ0) is 18.0. The third-order valence-corrected chi connectivity index (χ3v) is 5.99. The van der Waals surface area contributed by atoms with E-state index in [2.05, 4.69) is 5.32 Å². The molecule has 0 bridgehead atoms. The molecule has 0 amide bonds. The molecule has 7 nitrogen and oxygen atoms in total. The lowest BCUT2D eigenvalue weighted by Gasteiger charge is -2.24. The second-order valence-electron chi connectivity index (χ2n) is 7.69. The van der Waals surface area contributed by atoms with Crippen molar-refractivity contribution in [1.29, 1.82) is 0 Å². The van der Waals surface area contributed by atoms with E-state index < -0.39 is 17.1 Å². The fourth-order valence-corrected chi connectivity index (χ4v) is 4.50. The van der Waals surface area contributed by atoms with Crippen LogP contribution in [0.1, 0.15) is 31.7 Å². The molecule has 138 valence electrons. The van der Waals surface area contributed by atoms with Crippen LogP contribution in [-0.2, 0) is 0 Å². The zero-order valence-corrected chi connectivity index (χ0v) is 14.3. The minimum absolute atomic E-state index is 0.0369. The lowest BCUT2D eigenvalue weighted by atomic mass is 9.94. The number of benzene rings is 1. The Hall–Kier alpha value is -2.35. The predicted molar refractivity (Wildman–Crippen MR) is 94.6 cm³/mol. The van der Waals surface area contributed by atoms with Gasteiger partial charge in [-0.05, 0) is 50.3 Å². The largest absolute Gasteiger partial charge is 0.421 e. The van der Waals surface area contributed by atoms with E-state index in [-0.39, 0.29) is 16.2 Å². The Morgan fingerprint density at radius 2 is 1.96 bits per heavy atom. The summed E-state index contributed by atoms with van der Waals surface area (Å²) in [5.74, 6) is 0.00385. The number of rotatable bonds is 2. The minimum atomic E-state index is -0.871. The van der Waals surface area contributed by atoms with Gasteiger partial charge in [-0.3, -0.25) is 9.36 Å². The Morgan fingerprint density at radius 3 is 2.69 bits per heavy atom. The number of piperidine rings is 1. The fourth-order valence-electron chi connectivity index (χ4n) is 4.50. The average Bonchev–Trinajstić information content (AvgIpc) is 3.37. The number of anilines is 1. The molecule has 3 fully saturated rings. The first kappa shape index (κ1) is 15.9. The highest BCUT2D eigenvalue weighted by Crippen LogP contribution is 2.37. The first-order valence-electron chi connectivity index (χ1n) is 9.23. The van der Waals surface area contributed by atoms with E-state index in [1.54, 1.807) is 6.07 Å². The summed E-state index contributed by atoms with van der Waals surface area (Å²) in [6, 6.07) is 3.09. The normalized spacial score (nSPS) is 25.7. The van der Waals surface area contributed by atoms with E-state index >= 15 is 0 Å². The van der Waals surface area contributed by atoms with Crippen molar-refractivity contribution in [3.8, 4) is 0 Å². The van der Waals surface area contributed by atoms with Gasteiger partial charge in [0.25, 0.3) is 5.56 Å². The molecule has 3 aliphatic rings. The van der Waals surface area contributed by atoms with Gasteiger partial charge in [-0.2, -0.15) is 0 Å². The van der Waals surface area contributed by atoms with Gasteiger partial charge < -0.3 is 15.4 Å². The lowest BCUT2D eigenvalue weighted by molar-refractivity contribution is 0.157. The second-order valence-corrected chi connectivity index (χ2v) is 7.69. The number of hydrogen-bond donors (Lipinski definition) is 2. The first-order chi connectivity index (χ1) is 12.5. The van der Waals surface area contributed by atoms with Crippen LogP contribution in [0.3, 0.4) is 0 Å². The molecule has 2 N–H and O–H groups in total. The van der Waals surface area contributed by atoms with Crippen LogP contribution in [-0.4, -0.2) is 40.2 Å². The molecule has 0 spiro atoms. The number of halogens is 1. The van der Waals surface area contributed by atoms with Crippen LogP contribution in [0.2, 0.25) is 0 Å². The monoisotopic (exact) mass is 360 g/mol. The van der Waals surface area contributed by atoms with Crippen molar-refractivity contribution in [3.63, 3.8) is 0 Å². The van der Waals surface area contributed by atoms with Crippen LogP contribution in [0.25, 0.3) is 10.9 Å². The summed E-state index contributed by atoms with van der Waals surface area (Å²) in [5.41, 5.74) is -0.784. The molecule has 1 aromatic heterocycles. The van der Waals surface area contributed by atoms with Crippen LogP contribution in [0.4, 0.5) is 10.1 Å². The van der Waals surface area contributed by atoms with Gasteiger partial charge >= 0.3 is 5.69 Å². The molecule has 1 aromatic carbocycles. The van der Waals surface area contributed by atoms with Crippen molar-refractivity contribution in [2.24, 2.45) is 5.92 Å². The first-order valence-corrected chi connectivity index (χ1v) is 9.23. The molecular formula is C18H21FN4O3. The molecule has 0 unspecified atom stereocenters. The third kappa shape index (κ3) is 2.28. The highest BCUT2D eigenvalue weighted by Gasteiger charge is 2.36. The van der Waals surface area contributed by atoms with Crippen LogP contribution >= 0.6 is 0 Å². The summed E-state index contributed by atoms with van der Waals surface area (Å²) in [5, 5.41) is 13.3. The lowest BCUT2D eigenvalue weighted by Crippen LogP contribution is -2.40. The third-order valence-electron chi connectivity index (χ3n) is 5.99. The molecule has 2 aliphatic heterocycles. The summed E-state index contributed by atoms with van der Waals surface area (Å²) in [4.78, 5) is 26.6. The van der Waals surface area contributed by atoms with Crippen molar-refractivity contribution in [2.75, 3.05) is 24.5 Å². The second kappa shape index (κ2) is 5.57. The summed E-state index contributed by atoms with van der Waals surface area (Å²) in [6.45, 7) is 2.48. The molecule has 1 saturated carbocycles. The van der Waals surface area contributed by atoms with Gasteiger partial charge in [-0.15, -0.1) is 0 Å². The Kier molecular flexibility index (Phi) is 3.40. The molecule has 3 heterocycles. The number of nitrogens with zero attached hydrogens (tertiary/aromatic N) is 3. The van der Waals surface area contributed by atoms with E-state index in [4.69, 9.17) is 0 Å². The zero-order valence-electron chi connectivity index (χ0n) is 14.3. The van der Waals surface area contributed by atoms with Crippen LogP contribution in [0.15, 0.2) is 21.7 Å².